The monoisotopic (exact) mass is 190 g/mol. The van der Waals surface area contributed by atoms with Gasteiger partial charge in [0.2, 0.25) is 0 Å². The Kier molecular flexibility index (Phi) is 2.35. The van der Waals surface area contributed by atoms with Crippen LogP contribution in [-0.4, -0.2) is 19.3 Å². The van der Waals surface area contributed by atoms with Crippen LogP contribution in [0.4, 0.5) is 0 Å². The number of hydrogen-bond donors (Lipinski definition) is 0. The average molecular weight is 190 g/mol. The molecule has 2 heterocycles. The normalized spacial score (nSPS) is 10.7. The summed E-state index contributed by atoms with van der Waals surface area (Å²) in [4.78, 5) is 4.26. The zero-order chi connectivity index (χ0) is 9.97. The number of hydrogen-bond acceptors (Lipinski definition) is 2. The second kappa shape index (κ2) is 3.65. The fourth-order valence-electron chi connectivity index (χ4n) is 1.44. The molecule has 2 rings (SSSR count). The molecule has 0 aromatic carbocycles. The minimum Gasteiger partial charge on any atom is -0.338 e. The third-order valence-corrected chi connectivity index (χ3v) is 2.26. The van der Waals surface area contributed by atoms with Crippen molar-refractivity contribution in [2.75, 3.05) is 0 Å². The zero-order valence-corrected chi connectivity index (χ0v) is 8.51. The van der Waals surface area contributed by atoms with Crippen LogP contribution in [0.2, 0.25) is 0 Å². The van der Waals surface area contributed by atoms with Crippen molar-refractivity contribution in [2.45, 2.75) is 19.9 Å². The van der Waals surface area contributed by atoms with Gasteiger partial charge in [-0.05, 0) is 13.0 Å². The van der Waals surface area contributed by atoms with Gasteiger partial charge in [-0.25, -0.2) is 4.98 Å². The summed E-state index contributed by atoms with van der Waals surface area (Å²) < 4.78 is 3.99. The van der Waals surface area contributed by atoms with Gasteiger partial charge >= 0.3 is 0 Å². The fourth-order valence-corrected chi connectivity index (χ4v) is 1.44. The summed E-state index contributed by atoms with van der Waals surface area (Å²) in [5, 5.41) is 4.32. The van der Waals surface area contributed by atoms with Crippen LogP contribution in [0, 0.1) is 6.92 Å². The maximum atomic E-state index is 4.32. The van der Waals surface area contributed by atoms with Crippen molar-refractivity contribution >= 4 is 0 Å². The van der Waals surface area contributed by atoms with Gasteiger partial charge in [-0.3, -0.25) is 4.68 Å². The van der Waals surface area contributed by atoms with Crippen molar-refractivity contribution in [3.8, 4) is 0 Å². The van der Waals surface area contributed by atoms with Gasteiger partial charge in [0, 0.05) is 38.6 Å². The van der Waals surface area contributed by atoms with E-state index in [9.17, 15) is 0 Å². The third-order valence-electron chi connectivity index (χ3n) is 2.26. The quantitative estimate of drug-likeness (QED) is 0.728. The molecular formula is C10H14N4. The van der Waals surface area contributed by atoms with Crippen molar-refractivity contribution in [2.24, 2.45) is 7.05 Å². The van der Waals surface area contributed by atoms with E-state index in [1.807, 2.05) is 47.9 Å². The molecule has 2 aromatic rings. The van der Waals surface area contributed by atoms with Crippen molar-refractivity contribution in [1.29, 1.82) is 0 Å². The van der Waals surface area contributed by atoms with Gasteiger partial charge in [0.1, 0.15) is 5.82 Å². The van der Waals surface area contributed by atoms with E-state index >= 15 is 0 Å². The van der Waals surface area contributed by atoms with Crippen LogP contribution in [0.1, 0.15) is 11.5 Å². The minimum atomic E-state index is 0.888. The van der Waals surface area contributed by atoms with Crippen molar-refractivity contribution in [1.82, 2.24) is 19.3 Å². The molecule has 0 saturated carbocycles. The van der Waals surface area contributed by atoms with E-state index in [1.54, 1.807) is 0 Å². The maximum absolute atomic E-state index is 4.32. The lowest BCUT2D eigenvalue weighted by atomic mass is 10.4. The summed E-state index contributed by atoms with van der Waals surface area (Å²) in [5.74, 6) is 1.10. The summed E-state index contributed by atoms with van der Waals surface area (Å²) in [5.41, 5.74) is 1.06. The average Bonchev–Trinajstić information content (AvgIpc) is 2.72. The van der Waals surface area contributed by atoms with E-state index in [1.165, 1.54) is 0 Å². The van der Waals surface area contributed by atoms with Crippen LogP contribution in [0.25, 0.3) is 0 Å². The van der Waals surface area contributed by atoms with Gasteiger partial charge in [0.25, 0.3) is 0 Å². The molecule has 0 amide bonds. The molecule has 0 fully saturated rings. The molecule has 0 N–H and O–H groups in total. The highest BCUT2D eigenvalue weighted by Gasteiger charge is 2.00. The Hall–Kier alpha value is -1.58. The number of aromatic nitrogens is 4. The lowest BCUT2D eigenvalue weighted by molar-refractivity contribution is 0.586. The zero-order valence-electron chi connectivity index (χ0n) is 8.51. The summed E-state index contributed by atoms with van der Waals surface area (Å²) in [6, 6.07) is 2.01. The standard InChI is InChI=1S/C10H14N4/c1-9-3-6-14(12-9)7-4-10-11-5-8-13(10)2/h3,5-6,8H,4,7H2,1-2H3. The van der Waals surface area contributed by atoms with E-state index in [-0.39, 0.29) is 0 Å². The third kappa shape index (κ3) is 1.84. The van der Waals surface area contributed by atoms with Crippen molar-refractivity contribution < 1.29 is 0 Å². The SMILES string of the molecule is Cc1ccn(CCc2nccn2C)n1. The second-order valence-corrected chi connectivity index (χ2v) is 3.42. The topological polar surface area (TPSA) is 35.6 Å². The molecule has 0 bridgehead atoms. The first-order valence-electron chi connectivity index (χ1n) is 4.72. The lowest BCUT2D eigenvalue weighted by Gasteiger charge is -2.01. The number of imidazole rings is 1. The molecule has 0 saturated heterocycles. The summed E-state index contributed by atoms with van der Waals surface area (Å²) in [6.45, 7) is 2.88. The van der Waals surface area contributed by atoms with Crippen molar-refractivity contribution in [3.63, 3.8) is 0 Å². The molecule has 0 aliphatic heterocycles. The van der Waals surface area contributed by atoms with Gasteiger partial charge < -0.3 is 4.57 Å². The van der Waals surface area contributed by atoms with Gasteiger partial charge in [-0.15, -0.1) is 0 Å². The van der Waals surface area contributed by atoms with E-state index in [0.29, 0.717) is 0 Å². The van der Waals surface area contributed by atoms with Gasteiger partial charge in [0.15, 0.2) is 0 Å². The first kappa shape index (κ1) is 8.99. The summed E-state index contributed by atoms with van der Waals surface area (Å²) in [6.07, 6.45) is 6.70. The minimum absolute atomic E-state index is 0.888. The number of aryl methyl sites for hydroxylation is 4. The Labute approximate surface area is 83.2 Å². The number of rotatable bonds is 3. The lowest BCUT2D eigenvalue weighted by Crippen LogP contribution is -2.06. The Morgan fingerprint density at radius 3 is 2.79 bits per heavy atom. The highest BCUT2D eigenvalue weighted by Crippen LogP contribution is 1.99. The van der Waals surface area contributed by atoms with Crippen LogP contribution < -0.4 is 0 Å². The molecule has 0 aliphatic carbocycles. The van der Waals surface area contributed by atoms with Gasteiger partial charge in [0.05, 0.1) is 5.69 Å². The molecule has 0 aliphatic rings. The molecule has 4 heteroatoms. The molecule has 0 atom stereocenters. The van der Waals surface area contributed by atoms with E-state index in [2.05, 4.69) is 10.1 Å². The second-order valence-electron chi connectivity index (χ2n) is 3.42. The molecule has 74 valence electrons. The van der Waals surface area contributed by atoms with Gasteiger partial charge in [-0.2, -0.15) is 5.10 Å². The summed E-state index contributed by atoms with van der Waals surface area (Å²) >= 11 is 0. The Bertz CT molecular complexity index is 413. The molecule has 2 aromatic heterocycles. The molecular weight excluding hydrogens is 176 g/mol. The first-order valence-corrected chi connectivity index (χ1v) is 4.72. The van der Waals surface area contributed by atoms with Crippen LogP contribution >= 0.6 is 0 Å². The Balaban J connectivity index is 1.98. The molecule has 0 radical (unpaired) electrons. The van der Waals surface area contributed by atoms with Crippen molar-refractivity contribution in [3.05, 3.63) is 36.2 Å². The van der Waals surface area contributed by atoms with Crippen LogP contribution in [0.15, 0.2) is 24.7 Å². The van der Waals surface area contributed by atoms with Crippen LogP contribution in [0.5, 0.6) is 0 Å². The largest absolute Gasteiger partial charge is 0.338 e. The summed E-state index contributed by atoms with van der Waals surface area (Å²) in [7, 11) is 2.01. The smallest absolute Gasteiger partial charge is 0.110 e. The Morgan fingerprint density at radius 1 is 1.36 bits per heavy atom. The number of nitrogens with zero attached hydrogens (tertiary/aromatic N) is 4. The van der Waals surface area contributed by atoms with Crippen LogP contribution in [-0.2, 0) is 20.0 Å². The molecule has 0 spiro atoms. The Morgan fingerprint density at radius 2 is 2.21 bits per heavy atom. The van der Waals surface area contributed by atoms with E-state index in [0.717, 1.165) is 24.5 Å². The highest BCUT2D eigenvalue weighted by molar-refractivity contribution is 4.96. The predicted molar refractivity (Wildman–Crippen MR) is 53.9 cm³/mol. The fraction of sp³-hybridized carbons (Fsp3) is 0.400. The first-order chi connectivity index (χ1) is 6.75. The van der Waals surface area contributed by atoms with E-state index in [4.69, 9.17) is 0 Å². The molecule has 14 heavy (non-hydrogen) atoms. The predicted octanol–water partition coefficient (Wildman–Crippen LogP) is 1.17. The molecule has 4 nitrogen and oxygen atoms in total. The van der Waals surface area contributed by atoms with Gasteiger partial charge in [-0.1, -0.05) is 0 Å². The van der Waals surface area contributed by atoms with E-state index < -0.39 is 0 Å². The van der Waals surface area contributed by atoms with Crippen LogP contribution in [0.3, 0.4) is 0 Å². The maximum Gasteiger partial charge on any atom is 0.110 e. The molecule has 0 unspecified atom stereocenters. The highest BCUT2D eigenvalue weighted by atomic mass is 15.3.